The first kappa shape index (κ1) is 12.9. The summed E-state index contributed by atoms with van der Waals surface area (Å²) in [5, 5.41) is 5.99. The van der Waals surface area contributed by atoms with Crippen molar-refractivity contribution in [2.24, 2.45) is 0 Å². The van der Waals surface area contributed by atoms with Crippen LogP contribution in [0.2, 0.25) is 0 Å². The zero-order chi connectivity index (χ0) is 12.8. The fraction of sp³-hybridized carbons (Fsp3) is 0.500. The van der Waals surface area contributed by atoms with Gasteiger partial charge in [0.05, 0.1) is 0 Å². The molecule has 0 radical (unpaired) electrons. The van der Waals surface area contributed by atoms with Crippen LogP contribution in [0, 0.1) is 0 Å². The number of hydrogen-bond donors (Lipinski definition) is 2. The molecule has 1 aromatic rings. The minimum atomic E-state index is 0.0927. The largest absolute Gasteiger partial charge is 0.388 e. The molecule has 1 fully saturated rings. The van der Waals surface area contributed by atoms with Gasteiger partial charge in [-0.1, -0.05) is 6.07 Å². The Labute approximate surface area is 108 Å². The Morgan fingerprint density at radius 3 is 2.72 bits per heavy atom. The molecule has 1 heterocycles. The zero-order valence-electron chi connectivity index (χ0n) is 10.9. The predicted octanol–water partition coefficient (Wildman–Crippen LogP) is 2.15. The van der Waals surface area contributed by atoms with Crippen LogP contribution in [-0.2, 0) is 4.79 Å². The van der Waals surface area contributed by atoms with E-state index in [0.29, 0.717) is 6.42 Å². The van der Waals surface area contributed by atoms with Crippen LogP contribution in [0.15, 0.2) is 24.3 Å². The summed E-state index contributed by atoms with van der Waals surface area (Å²) in [6, 6.07) is 7.75. The van der Waals surface area contributed by atoms with Gasteiger partial charge in [-0.3, -0.25) is 4.79 Å². The van der Waals surface area contributed by atoms with Crippen molar-refractivity contribution in [2.75, 3.05) is 37.3 Å². The number of carbonyl (C=O) groups is 1. The van der Waals surface area contributed by atoms with E-state index in [1.807, 2.05) is 31.3 Å². The molecule has 0 atom stereocenters. The minimum Gasteiger partial charge on any atom is -0.388 e. The molecule has 1 saturated heterocycles. The molecule has 2 rings (SSSR count). The highest BCUT2D eigenvalue weighted by Crippen LogP contribution is 2.14. The summed E-state index contributed by atoms with van der Waals surface area (Å²) in [6.07, 6.45) is 3.11. The van der Waals surface area contributed by atoms with Gasteiger partial charge in [0, 0.05) is 31.4 Å². The summed E-state index contributed by atoms with van der Waals surface area (Å²) in [6.45, 7) is 3.16. The molecule has 18 heavy (non-hydrogen) atoms. The third-order valence-corrected chi connectivity index (χ3v) is 3.29. The van der Waals surface area contributed by atoms with Gasteiger partial charge in [0.1, 0.15) is 0 Å². The van der Waals surface area contributed by atoms with Crippen LogP contribution in [0.3, 0.4) is 0 Å². The maximum atomic E-state index is 11.8. The van der Waals surface area contributed by atoms with Crippen LogP contribution in [0.4, 0.5) is 11.4 Å². The summed E-state index contributed by atoms with van der Waals surface area (Å²) in [7, 11) is 1.87. The molecule has 2 N–H and O–H groups in total. The number of nitrogens with one attached hydrogen (secondary N) is 2. The lowest BCUT2D eigenvalue weighted by Gasteiger charge is -2.14. The van der Waals surface area contributed by atoms with Gasteiger partial charge < -0.3 is 15.5 Å². The lowest BCUT2D eigenvalue weighted by Crippen LogP contribution is -2.25. The second-order valence-electron chi connectivity index (χ2n) is 4.68. The highest BCUT2D eigenvalue weighted by Gasteiger charge is 2.12. The van der Waals surface area contributed by atoms with E-state index in [-0.39, 0.29) is 5.91 Å². The normalized spacial score (nSPS) is 15.6. The van der Waals surface area contributed by atoms with Crippen LogP contribution in [0.5, 0.6) is 0 Å². The van der Waals surface area contributed by atoms with Crippen molar-refractivity contribution in [3.8, 4) is 0 Å². The van der Waals surface area contributed by atoms with Crippen LogP contribution < -0.4 is 10.6 Å². The first-order valence-corrected chi connectivity index (χ1v) is 6.58. The Hall–Kier alpha value is -1.55. The lowest BCUT2D eigenvalue weighted by atomic mass is 10.2. The summed E-state index contributed by atoms with van der Waals surface area (Å²) in [5.74, 6) is 0.0927. The minimum absolute atomic E-state index is 0.0927. The van der Waals surface area contributed by atoms with Crippen LogP contribution in [-0.4, -0.2) is 37.5 Å². The molecule has 1 aliphatic heterocycles. The Morgan fingerprint density at radius 1 is 1.28 bits per heavy atom. The second-order valence-corrected chi connectivity index (χ2v) is 4.68. The van der Waals surface area contributed by atoms with Crippen LogP contribution in [0.1, 0.15) is 19.3 Å². The number of nitrogens with zero attached hydrogens (tertiary/aromatic N) is 1. The number of carbonyl (C=O) groups excluding carboxylic acids is 1. The van der Waals surface area contributed by atoms with Gasteiger partial charge >= 0.3 is 0 Å². The van der Waals surface area contributed by atoms with E-state index >= 15 is 0 Å². The average Bonchev–Trinajstić information content (AvgIpc) is 2.90. The van der Waals surface area contributed by atoms with Gasteiger partial charge in [-0.2, -0.15) is 0 Å². The number of anilines is 2. The fourth-order valence-electron chi connectivity index (χ4n) is 2.24. The highest BCUT2D eigenvalue weighted by molar-refractivity contribution is 5.91. The smallest absolute Gasteiger partial charge is 0.225 e. The predicted molar refractivity (Wildman–Crippen MR) is 74.9 cm³/mol. The van der Waals surface area contributed by atoms with Crippen molar-refractivity contribution in [1.82, 2.24) is 4.90 Å². The van der Waals surface area contributed by atoms with Gasteiger partial charge in [-0.25, -0.2) is 0 Å². The standard InChI is InChI=1S/C14H21N3O/c1-15-12-5-4-6-13(11-12)16-14(18)7-10-17-8-2-3-9-17/h4-6,11,15H,2-3,7-10H2,1H3,(H,16,18). The van der Waals surface area contributed by atoms with E-state index in [1.54, 1.807) is 0 Å². The summed E-state index contributed by atoms with van der Waals surface area (Å²) in [4.78, 5) is 14.2. The molecule has 0 aliphatic carbocycles. The number of hydrogen-bond acceptors (Lipinski definition) is 3. The van der Waals surface area contributed by atoms with Gasteiger partial charge in [-0.15, -0.1) is 0 Å². The van der Waals surface area contributed by atoms with Crippen molar-refractivity contribution < 1.29 is 4.79 Å². The molecule has 0 aromatic heterocycles. The molecule has 4 heteroatoms. The number of likely N-dealkylation sites (tertiary alicyclic amines) is 1. The third kappa shape index (κ3) is 3.74. The quantitative estimate of drug-likeness (QED) is 0.838. The summed E-state index contributed by atoms with van der Waals surface area (Å²) >= 11 is 0. The molecule has 1 aliphatic rings. The number of rotatable bonds is 5. The van der Waals surface area contributed by atoms with E-state index in [0.717, 1.165) is 31.0 Å². The Balaban J connectivity index is 1.78. The molecule has 0 bridgehead atoms. The van der Waals surface area contributed by atoms with Crippen LogP contribution in [0.25, 0.3) is 0 Å². The van der Waals surface area contributed by atoms with Gasteiger partial charge in [0.2, 0.25) is 5.91 Å². The maximum absolute atomic E-state index is 11.8. The van der Waals surface area contributed by atoms with E-state index in [1.165, 1.54) is 12.8 Å². The molecule has 4 nitrogen and oxygen atoms in total. The van der Waals surface area contributed by atoms with Crippen molar-refractivity contribution >= 4 is 17.3 Å². The first-order valence-electron chi connectivity index (χ1n) is 6.58. The third-order valence-electron chi connectivity index (χ3n) is 3.29. The highest BCUT2D eigenvalue weighted by atomic mass is 16.1. The van der Waals surface area contributed by atoms with E-state index in [4.69, 9.17) is 0 Å². The first-order chi connectivity index (χ1) is 8.78. The monoisotopic (exact) mass is 247 g/mol. The van der Waals surface area contributed by atoms with Crippen molar-refractivity contribution in [2.45, 2.75) is 19.3 Å². The zero-order valence-corrected chi connectivity index (χ0v) is 10.9. The molecular formula is C14H21N3O. The van der Waals surface area contributed by atoms with Crippen molar-refractivity contribution in [3.05, 3.63) is 24.3 Å². The lowest BCUT2D eigenvalue weighted by molar-refractivity contribution is -0.116. The van der Waals surface area contributed by atoms with Crippen LogP contribution >= 0.6 is 0 Å². The molecule has 1 amide bonds. The number of amides is 1. The van der Waals surface area contributed by atoms with E-state index in [9.17, 15) is 4.79 Å². The average molecular weight is 247 g/mol. The fourth-order valence-corrected chi connectivity index (χ4v) is 2.24. The SMILES string of the molecule is CNc1cccc(NC(=O)CCN2CCCC2)c1. The Morgan fingerprint density at radius 2 is 2.00 bits per heavy atom. The van der Waals surface area contributed by atoms with Gasteiger partial charge in [0.25, 0.3) is 0 Å². The van der Waals surface area contributed by atoms with Crippen molar-refractivity contribution in [3.63, 3.8) is 0 Å². The van der Waals surface area contributed by atoms with Gasteiger partial charge in [-0.05, 0) is 44.1 Å². The van der Waals surface area contributed by atoms with Crippen molar-refractivity contribution in [1.29, 1.82) is 0 Å². The van der Waals surface area contributed by atoms with E-state index in [2.05, 4.69) is 15.5 Å². The maximum Gasteiger partial charge on any atom is 0.225 e. The molecular weight excluding hydrogens is 226 g/mol. The second kappa shape index (κ2) is 6.40. The molecule has 1 aromatic carbocycles. The van der Waals surface area contributed by atoms with Gasteiger partial charge in [0.15, 0.2) is 0 Å². The Kier molecular flexibility index (Phi) is 4.59. The Bertz CT molecular complexity index is 400. The molecule has 0 saturated carbocycles. The van der Waals surface area contributed by atoms with E-state index < -0.39 is 0 Å². The number of benzene rings is 1. The molecule has 0 spiro atoms. The topological polar surface area (TPSA) is 44.4 Å². The summed E-state index contributed by atoms with van der Waals surface area (Å²) < 4.78 is 0. The molecule has 0 unspecified atom stereocenters. The summed E-state index contributed by atoms with van der Waals surface area (Å²) in [5.41, 5.74) is 1.86. The molecule has 98 valence electrons.